The van der Waals surface area contributed by atoms with Crippen LogP contribution in [0.25, 0.3) is 0 Å². The molecule has 0 radical (unpaired) electrons. The van der Waals surface area contributed by atoms with Crippen LogP contribution in [0.5, 0.6) is 0 Å². The molecule has 21 heavy (non-hydrogen) atoms. The highest BCUT2D eigenvalue weighted by atomic mass is 35.5. The number of piperidine rings is 1. The van der Waals surface area contributed by atoms with E-state index in [-0.39, 0.29) is 0 Å². The van der Waals surface area contributed by atoms with Crippen molar-refractivity contribution in [1.82, 2.24) is 5.32 Å². The van der Waals surface area contributed by atoms with Crippen molar-refractivity contribution in [2.75, 3.05) is 24.5 Å². The van der Waals surface area contributed by atoms with Crippen LogP contribution in [0.4, 0.5) is 5.69 Å². The molecule has 1 aromatic rings. The van der Waals surface area contributed by atoms with Crippen molar-refractivity contribution in [3.8, 4) is 0 Å². The van der Waals surface area contributed by atoms with Crippen LogP contribution in [0.1, 0.15) is 46.1 Å². The van der Waals surface area contributed by atoms with Crippen LogP contribution in [0.3, 0.4) is 0 Å². The Balaban J connectivity index is 1.96. The maximum Gasteiger partial charge on any atom is 0.0471 e. The fourth-order valence-corrected chi connectivity index (χ4v) is 2.98. The van der Waals surface area contributed by atoms with Crippen molar-refractivity contribution in [2.45, 2.75) is 47.1 Å². The zero-order valence-electron chi connectivity index (χ0n) is 13.9. The smallest absolute Gasteiger partial charge is 0.0471 e. The molecule has 2 nitrogen and oxygen atoms in total. The van der Waals surface area contributed by atoms with Gasteiger partial charge in [-0.15, -0.1) is 0 Å². The third kappa shape index (κ3) is 4.89. The van der Waals surface area contributed by atoms with E-state index in [0.717, 1.165) is 31.2 Å². The highest BCUT2D eigenvalue weighted by Gasteiger charge is 2.25. The fraction of sp³-hybridized carbons (Fsp3) is 0.667. The second kappa shape index (κ2) is 7.02. The van der Waals surface area contributed by atoms with E-state index in [9.17, 15) is 0 Å². The quantitative estimate of drug-likeness (QED) is 0.847. The Morgan fingerprint density at radius 2 is 1.90 bits per heavy atom. The van der Waals surface area contributed by atoms with Crippen LogP contribution < -0.4 is 10.2 Å². The van der Waals surface area contributed by atoms with Crippen molar-refractivity contribution in [3.05, 3.63) is 28.8 Å². The molecule has 1 fully saturated rings. The van der Waals surface area contributed by atoms with Crippen LogP contribution in [0, 0.1) is 11.3 Å². The van der Waals surface area contributed by atoms with Crippen molar-refractivity contribution in [1.29, 1.82) is 0 Å². The van der Waals surface area contributed by atoms with Gasteiger partial charge in [0.2, 0.25) is 0 Å². The maximum absolute atomic E-state index is 6.45. The van der Waals surface area contributed by atoms with Crippen molar-refractivity contribution in [2.24, 2.45) is 11.3 Å². The standard InChI is InChI=1S/C18H29ClN2/c1-14(2)12-20-13-15-5-6-16(11-17(15)19)21-9-7-18(3,4)8-10-21/h5-6,11,14,20H,7-10,12-13H2,1-4H3. The number of benzene rings is 1. The molecule has 118 valence electrons. The normalized spacial score (nSPS) is 18.3. The van der Waals surface area contributed by atoms with Crippen LogP contribution >= 0.6 is 11.6 Å². The lowest BCUT2D eigenvalue weighted by molar-refractivity contribution is 0.280. The van der Waals surface area contributed by atoms with Gasteiger partial charge in [-0.1, -0.05) is 45.4 Å². The van der Waals surface area contributed by atoms with Crippen molar-refractivity contribution < 1.29 is 0 Å². The molecule has 0 amide bonds. The highest BCUT2D eigenvalue weighted by Crippen LogP contribution is 2.33. The topological polar surface area (TPSA) is 15.3 Å². The van der Waals surface area contributed by atoms with Crippen LogP contribution in [-0.2, 0) is 6.54 Å². The lowest BCUT2D eigenvalue weighted by Gasteiger charge is -2.38. The average Bonchev–Trinajstić information content (AvgIpc) is 2.40. The molecule has 1 aliphatic rings. The summed E-state index contributed by atoms with van der Waals surface area (Å²) in [4.78, 5) is 2.46. The molecule has 3 heteroatoms. The monoisotopic (exact) mass is 308 g/mol. The summed E-state index contributed by atoms with van der Waals surface area (Å²) in [7, 11) is 0. The highest BCUT2D eigenvalue weighted by molar-refractivity contribution is 6.31. The molecule has 0 saturated carbocycles. The summed E-state index contributed by atoms with van der Waals surface area (Å²) < 4.78 is 0. The van der Waals surface area contributed by atoms with E-state index >= 15 is 0 Å². The third-order valence-electron chi connectivity index (χ3n) is 4.39. The van der Waals surface area contributed by atoms with Gasteiger partial charge in [0.05, 0.1) is 0 Å². The van der Waals surface area contributed by atoms with E-state index in [1.165, 1.54) is 24.1 Å². The molecule has 0 atom stereocenters. The zero-order chi connectivity index (χ0) is 15.5. The van der Waals surface area contributed by atoms with Crippen LogP contribution in [0.15, 0.2) is 18.2 Å². The second-order valence-corrected chi connectivity index (χ2v) is 7.86. The summed E-state index contributed by atoms with van der Waals surface area (Å²) in [5.41, 5.74) is 2.95. The Morgan fingerprint density at radius 3 is 2.48 bits per heavy atom. The van der Waals surface area contributed by atoms with Gasteiger partial charge in [0.1, 0.15) is 0 Å². The Labute approximate surface area is 134 Å². The van der Waals surface area contributed by atoms with E-state index in [4.69, 9.17) is 11.6 Å². The molecule has 1 aliphatic heterocycles. The minimum Gasteiger partial charge on any atom is -0.371 e. The van der Waals surface area contributed by atoms with Crippen molar-refractivity contribution in [3.63, 3.8) is 0 Å². The molecule has 0 bridgehead atoms. The lowest BCUT2D eigenvalue weighted by Crippen LogP contribution is -2.37. The largest absolute Gasteiger partial charge is 0.371 e. The molecule has 0 unspecified atom stereocenters. The summed E-state index contributed by atoms with van der Waals surface area (Å²) in [5, 5.41) is 4.34. The Bertz CT molecular complexity index is 458. The summed E-state index contributed by atoms with van der Waals surface area (Å²) >= 11 is 6.45. The molecule has 0 aliphatic carbocycles. The number of nitrogens with zero attached hydrogens (tertiary/aromatic N) is 1. The van der Waals surface area contributed by atoms with Gasteiger partial charge in [0.25, 0.3) is 0 Å². The fourth-order valence-electron chi connectivity index (χ4n) is 2.74. The minimum atomic E-state index is 0.487. The van der Waals surface area contributed by atoms with Gasteiger partial charge >= 0.3 is 0 Å². The lowest BCUT2D eigenvalue weighted by atomic mass is 9.82. The molecule has 1 N–H and O–H groups in total. The minimum absolute atomic E-state index is 0.487. The third-order valence-corrected chi connectivity index (χ3v) is 4.74. The summed E-state index contributed by atoms with van der Waals surface area (Å²) in [5.74, 6) is 0.666. The Kier molecular flexibility index (Phi) is 5.56. The van der Waals surface area contributed by atoms with E-state index in [0.29, 0.717) is 11.3 Å². The molecular weight excluding hydrogens is 280 g/mol. The van der Waals surface area contributed by atoms with Gasteiger partial charge in [-0.25, -0.2) is 0 Å². The van der Waals surface area contributed by atoms with Gasteiger partial charge in [-0.2, -0.15) is 0 Å². The van der Waals surface area contributed by atoms with E-state index in [1.807, 2.05) is 0 Å². The number of nitrogens with one attached hydrogen (secondary N) is 1. The summed E-state index contributed by atoms with van der Waals surface area (Å²) in [6.45, 7) is 13.3. The van der Waals surface area contributed by atoms with Crippen LogP contribution in [0.2, 0.25) is 5.02 Å². The summed E-state index contributed by atoms with van der Waals surface area (Å²) in [6.07, 6.45) is 2.50. The number of hydrogen-bond donors (Lipinski definition) is 1. The van der Waals surface area contributed by atoms with E-state index in [1.54, 1.807) is 0 Å². The molecule has 1 saturated heterocycles. The Morgan fingerprint density at radius 1 is 1.24 bits per heavy atom. The average molecular weight is 309 g/mol. The number of hydrogen-bond acceptors (Lipinski definition) is 2. The van der Waals surface area contributed by atoms with Gasteiger partial charge in [-0.3, -0.25) is 0 Å². The number of halogens is 1. The molecule has 0 spiro atoms. The van der Waals surface area contributed by atoms with Crippen molar-refractivity contribution >= 4 is 17.3 Å². The first-order valence-electron chi connectivity index (χ1n) is 8.11. The van der Waals surface area contributed by atoms with E-state index < -0.39 is 0 Å². The SMILES string of the molecule is CC(C)CNCc1ccc(N2CCC(C)(C)CC2)cc1Cl. The van der Waals surface area contributed by atoms with Gasteiger partial charge in [0, 0.05) is 30.3 Å². The first-order chi connectivity index (χ1) is 9.87. The predicted octanol–water partition coefficient (Wildman–Crippen LogP) is 4.71. The Hall–Kier alpha value is -0.730. The molecule has 0 aromatic heterocycles. The predicted molar refractivity (Wildman–Crippen MR) is 93.2 cm³/mol. The molecule has 2 rings (SSSR count). The molecular formula is C18H29ClN2. The zero-order valence-corrected chi connectivity index (χ0v) is 14.6. The number of anilines is 1. The number of rotatable bonds is 5. The first kappa shape index (κ1) is 16.6. The maximum atomic E-state index is 6.45. The van der Waals surface area contributed by atoms with Gasteiger partial charge < -0.3 is 10.2 Å². The van der Waals surface area contributed by atoms with E-state index in [2.05, 4.69) is 56.1 Å². The van der Waals surface area contributed by atoms with Crippen LogP contribution in [-0.4, -0.2) is 19.6 Å². The first-order valence-corrected chi connectivity index (χ1v) is 8.49. The van der Waals surface area contributed by atoms with Gasteiger partial charge in [-0.05, 0) is 48.4 Å². The second-order valence-electron chi connectivity index (χ2n) is 7.45. The molecule has 1 aromatic carbocycles. The molecule has 1 heterocycles. The summed E-state index contributed by atoms with van der Waals surface area (Å²) in [6, 6.07) is 6.52. The van der Waals surface area contributed by atoms with Gasteiger partial charge in [0.15, 0.2) is 0 Å².